The van der Waals surface area contributed by atoms with Crippen LogP contribution in [0.2, 0.25) is 0 Å². The van der Waals surface area contributed by atoms with Gasteiger partial charge in [0, 0.05) is 11.4 Å². The van der Waals surface area contributed by atoms with E-state index in [9.17, 15) is 26.4 Å². The Bertz CT molecular complexity index is 1020. The van der Waals surface area contributed by atoms with Crippen LogP contribution in [-0.4, -0.2) is 27.2 Å². The second kappa shape index (κ2) is 9.65. The van der Waals surface area contributed by atoms with E-state index in [-0.39, 0.29) is 5.56 Å². The van der Waals surface area contributed by atoms with Crippen LogP contribution >= 0.6 is 15.9 Å². The molecule has 0 heterocycles. The van der Waals surface area contributed by atoms with Crippen LogP contribution in [0.3, 0.4) is 0 Å². The van der Waals surface area contributed by atoms with Crippen LogP contribution in [0, 0.1) is 0 Å². The van der Waals surface area contributed by atoms with Crippen molar-refractivity contribution in [1.29, 1.82) is 0 Å². The van der Waals surface area contributed by atoms with E-state index in [1.54, 1.807) is 6.07 Å². The lowest BCUT2D eigenvalue weighted by atomic mass is 10.1. The van der Waals surface area contributed by atoms with Crippen LogP contribution in [0.15, 0.2) is 74.6 Å². The van der Waals surface area contributed by atoms with Crippen molar-refractivity contribution in [2.75, 3.05) is 6.61 Å². The molecule has 2 aromatic carbocycles. The fraction of sp³-hybridized carbons (Fsp3) is 0.250. The van der Waals surface area contributed by atoms with Crippen molar-refractivity contribution in [1.82, 2.24) is 0 Å². The standard InChI is InChI=1S/C20H18BrF3O5S/c1-3-28-19(20(22,23)24)18(30(26,27)16-11-9-15(21)10-12-16)17(29-13(2)25)14-7-5-4-6-8-14/h4-12,17H,3H2,1-2H3/b19-18+. The molecule has 0 amide bonds. The monoisotopic (exact) mass is 506 g/mol. The molecule has 0 fully saturated rings. The van der Waals surface area contributed by atoms with E-state index in [0.29, 0.717) is 4.47 Å². The van der Waals surface area contributed by atoms with Gasteiger partial charge in [0.05, 0.1) is 11.5 Å². The molecular weight excluding hydrogens is 489 g/mol. The third-order valence-electron chi connectivity index (χ3n) is 3.81. The van der Waals surface area contributed by atoms with Crippen molar-refractivity contribution in [3.8, 4) is 0 Å². The summed E-state index contributed by atoms with van der Waals surface area (Å²) in [6.45, 7) is 1.82. The number of alkyl halides is 3. The van der Waals surface area contributed by atoms with Crippen LogP contribution in [0.4, 0.5) is 13.2 Å². The highest BCUT2D eigenvalue weighted by molar-refractivity contribution is 9.10. The van der Waals surface area contributed by atoms with Gasteiger partial charge in [0.25, 0.3) is 0 Å². The molecule has 2 rings (SSSR count). The van der Waals surface area contributed by atoms with Crippen molar-refractivity contribution in [3.05, 3.63) is 75.3 Å². The molecular formula is C20H18BrF3O5S. The number of sulfone groups is 1. The highest BCUT2D eigenvalue weighted by atomic mass is 79.9. The zero-order chi connectivity index (χ0) is 22.5. The van der Waals surface area contributed by atoms with Crippen molar-refractivity contribution in [3.63, 3.8) is 0 Å². The maximum atomic E-state index is 13.9. The molecule has 5 nitrogen and oxygen atoms in total. The van der Waals surface area contributed by atoms with Crippen LogP contribution < -0.4 is 0 Å². The Labute approximate surface area is 180 Å². The van der Waals surface area contributed by atoms with E-state index >= 15 is 0 Å². The quantitative estimate of drug-likeness (QED) is 0.374. The summed E-state index contributed by atoms with van der Waals surface area (Å²) in [5, 5.41) is 0. The van der Waals surface area contributed by atoms with E-state index in [2.05, 4.69) is 15.9 Å². The highest BCUT2D eigenvalue weighted by Gasteiger charge is 2.46. The lowest BCUT2D eigenvalue weighted by Gasteiger charge is -2.25. The number of benzene rings is 2. The molecule has 0 radical (unpaired) electrons. The van der Waals surface area contributed by atoms with Crippen molar-refractivity contribution < 1.29 is 35.9 Å². The minimum Gasteiger partial charge on any atom is -0.488 e. The number of allylic oxidation sites excluding steroid dienone is 1. The summed E-state index contributed by atoms with van der Waals surface area (Å²) in [5.74, 6) is -2.69. The largest absolute Gasteiger partial charge is 0.488 e. The Morgan fingerprint density at radius 3 is 2.10 bits per heavy atom. The Morgan fingerprint density at radius 1 is 1.07 bits per heavy atom. The summed E-state index contributed by atoms with van der Waals surface area (Å²) in [4.78, 5) is 10.1. The minimum absolute atomic E-state index is 0.0461. The molecule has 0 aliphatic carbocycles. The van der Waals surface area contributed by atoms with Gasteiger partial charge in [-0.1, -0.05) is 46.3 Å². The van der Waals surface area contributed by atoms with Crippen molar-refractivity contribution in [2.24, 2.45) is 0 Å². The van der Waals surface area contributed by atoms with Gasteiger partial charge in [-0.15, -0.1) is 0 Å². The lowest BCUT2D eigenvalue weighted by Crippen LogP contribution is -2.26. The van der Waals surface area contributed by atoms with Gasteiger partial charge in [-0.05, 0) is 36.8 Å². The average Bonchev–Trinajstić information content (AvgIpc) is 2.66. The van der Waals surface area contributed by atoms with Gasteiger partial charge in [0.1, 0.15) is 4.91 Å². The first-order valence-corrected chi connectivity index (χ1v) is 10.9. The molecule has 0 aliphatic rings. The molecule has 162 valence electrons. The molecule has 0 N–H and O–H groups in total. The number of rotatable bonds is 7. The summed E-state index contributed by atoms with van der Waals surface area (Å²) in [7, 11) is -4.78. The fourth-order valence-corrected chi connectivity index (χ4v) is 4.52. The predicted octanol–water partition coefficient (Wildman–Crippen LogP) is 5.34. The number of esters is 1. The van der Waals surface area contributed by atoms with Crippen molar-refractivity contribution in [2.45, 2.75) is 31.0 Å². The fourth-order valence-electron chi connectivity index (χ4n) is 2.63. The first-order valence-electron chi connectivity index (χ1n) is 8.65. The molecule has 0 saturated carbocycles. The summed E-state index contributed by atoms with van der Waals surface area (Å²) in [5.41, 5.74) is 0.0461. The molecule has 0 aromatic heterocycles. The van der Waals surface area contributed by atoms with E-state index in [1.807, 2.05) is 0 Å². The smallest absolute Gasteiger partial charge is 0.450 e. The Morgan fingerprint density at radius 2 is 1.63 bits per heavy atom. The van der Waals surface area contributed by atoms with Crippen LogP contribution in [0.5, 0.6) is 0 Å². The summed E-state index contributed by atoms with van der Waals surface area (Å²) in [6.07, 6.45) is -7.01. The SMILES string of the molecule is CCO/C(=C(\C(OC(C)=O)c1ccccc1)S(=O)(=O)c1ccc(Br)cc1)C(F)(F)F. The number of carbonyl (C=O) groups is 1. The number of hydrogen-bond acceptors (Lipinski definition) is 5. The Kier molecular flexibility index (Phi) is 7.70. The molecule has 30 heavy (non-hydrogen) atoms. The van der Waals surface area contributed by atoms with Crippen LogP contribution in [0.25, 0.3) is 0 Å². The number of hydrogen-bond donors (Lipinski definition) is 0. The second-order valence-corrected chi connectivity index (χ2v) is 8.82. The van der Waals surface area contributed by atoms with Gasteiger partial charge >= 0.3 is 12.1 Å². The molecule has 0 bridgehead atoms. The number of carbonyl (C=O) groups excluding carboxylic acids is 1. The molecule has 0 aliphatic heterocycles. The van der Waals surface area contributed by atoms with E-state index in [4.69, 9.17) is 9.47 Å². The van der Waals surface area contributed by atoms with Gasteiger partial charge in [0.15, 0.2) is 6.10 Å². The third-order valence-corrected chi connectivity index (χ3v) is 6.21. The highest BCUT2D eigenvalue weighted by Crippen LogP contribution is 2.41. The topological polar surface area (TPSA) is 69.7 Å². The Balaban J connectivity index is 2.90. The van der Waals surface area contributed by atoms with Gasteiger partial charge < -0.3 is 9.47 Å². The average molecular weight is 507 g/mol. The molecule has 10 heteroatoms. The maximum Gasteiger partial charge on any atom is 0.450 e. The van der Waals surface area contributed by atoms with Gasteiger partial charge in [-0.3, -0.25) is 4.79 Å². The van der Waals surface area contributed by atoms with Crippen LogP contribution in [-0.2, 0) is 24.1 Å². The van der Waals surface area contributed by atoms with Gasteiger partial charge in [-0.2, -0.15) is 13.2 Å². The Hall–Kier alpha value is -2.33. The number of halogens is 4. The lowest BCUT2D eigenvalue weighted by molar-refractivity contribution is -0.147. The molecule has 0 spiro atoms. The van der Waals surface area contributed by atoms with Crippen LogP contribution in [0.1, 0.15) is 25.5 Å². The van der Waals surface area contributed by atoms with Gasteiger partial charge in [0.2, 0.25) is 15.6 Å². The molecule has 2 aromatic rings. The van der Waals surface area contributed by atoms with E-state index in [0.717, 1.165) is 19.1 Å². The zero-order valence-electron chi connectivity index (χ0n) is 15.9. The first-order chi connectivity index (χ1) is 14.0. The molecule has 1 unspecified atom stereocenters. The van der Waals surface area contributed by atoms with Crippen molar-refractivity contribution >= 4 is 31.7 Å². The zero-order valence-corrected chi connectivity index (χ0v) is 18.3. The predicted molar refractivity (Wildman–Crippen MR) is 107 cm³/mol. The minimum atomic E-state index is -5.15. The normalized spacial score (nSPS) is 13.9. The molecule has 1 atom stereocenters. The molecule has 0 saturated heterocycles. The summed E-state index contributed by atoms with van der Waals surface area (Å²) < 4.78 is 78.8. The maximum absolute atomic E-state index is 13.9. The summed E-state index contributed by atoms with van der Waals surface area (Å²) >= 11 is 3.15. The van der Waals surface area contributed by atoms with Gasteiger partial charge in [-0.25, -0.2) is 8.42 Å². The second-order valence-electron chi connectivity index (χ2n) is 5.98. The van der Waals surface area contributed by atoms with E-state index in [1.165, 1.54) is 43.3 Å². The van der Waals surface area contributed by atoms with E-state index < -0.39 is 50.3 Å². The summed E-state index contributed by atoms with van der Waals surface area (Å²) in [6, 6.07) is 12.4. The number of ether oxygens (including phenoxy) is 2. The third kappa shape index (κ3) is 5.63. The first kappa shape index (κ1) is 23.9.